The number of nitrogens with one attached hydrogen (secondary N) is 1. The maximum absolute atomic E-state index is 12.9. The summed E-state index contributed by atoms with van der Waals surface area (Å²) in [6.07, 6.45) is -0.857. The normalized spacial score (nSPS) is 18.5. The summed E-state index contributed by atoms with van der Waals surface area (Å²) >= 11 is 0. The van der Waals surface area contributed by atoms with E-state index < -0.39 is 11.9 Å². The lowest BCUT2D eigenvalue weighted by Gasteiger charge is -2.31. The second kappa shape index (κ2) is 6.60. The van der Waals surface area contributed by atoms with Crippen LogP contribution >= 0.6 is 0 Å². The summed E-state index contributed by atoms with van der Waals surface area (Å²) in [6, 6.07) is 5.83. The van der Waals surface area contributed by atoms with Crippen molar-refractivity contribution in [3.8, 4) is 0 Å². The molecular weight excluding hydrogens is 385 g/mol. The molecule has 0 unspecified atom stereocenters. The van der Waals surface area contributed by atoms with Gasteiger partial charge in [0.25, 0.3) is 5.91 Å². The van der Waals surface area contributed by atoms with E-state index in [0.29, 0.717) is 35.7 Å². The molecule has 3 aromatic heterocycles. The van der Waals surface area contributed by atoms with Crippen molar-refractivity contribution in [2.24, 2.45) is 0 Å². The van der Waals surface area contributed by atoms with Crippen molar-refractivity contribution in [1.29, 1.82) is 0 Å². The molecule has 1 aliphatic heterocycles. The first-order valence-electron chi connectivity index (χ1n) is 9.71. The van der Waals surface area contributed by atoms with Crippen LogP contribution in [0.2, 0.25) is 0 Å². The van der Waals surface area contributed by atoms with Crippen molar-refractivity contribution >= 4 is 16.9 Å². The smallest absolute Gasteiger partial charge is 0.360 e. The third kappa shape index (κ3) is 3.49. The lowest BCUT2D eigenvalue weighted by atomic mass is 9.93. The number of rotatable bonds is 3. The Balaban J connectivity index is 1.26. The highest BCUT2D eigenvalue weighted by Gasteiger charge is 2.33. The largest absolute Gasteiger partial charge is 0.433 e. The predicted molar refractivity (Wildman–Crippen MR) is 97.5 cm³/mol. The Morgan fingerprint density at radius 2 is 1.86 bits per heavy atom. The van der Waals surface area contributed by atoms with Gasteiger partial charge in [0.05, 0.1) is 11.0 Å². The van der Waals surface area contributed by atoms with Gasteiger partial charge >= 0.3 is 6.18 Å². The molecule has 2 fully saturated rings. The topological polar surface area (TPSA) is 75.0 Å². The van der Waals surface area contributed by atoms with Crippen LogP contribution in [0.1, 0.15) is 65.2 Å². The van der Waals surface area contributed by atoms with E-state index in [0.717, 1.165) is 43.2 Å². The van der Waals surface area contributed by atoms with E-state index >= 15 is 0 Å². The first kappa shape index (κ1) is 18.2. The first-order chi connectivity index (χ1) is 13.9. The number of likely N-dealkylation sites (tertiary alicyclic amines) is 1. The minimum Gasteiger partial charge on any atom is -0.360 e. The number of carbonyl (C=O) groups is 1. The van der Waals surface area contributed by atoms with Gasteiger partial charge < -0.3 is 14.4 Å². The third-order valence-electron chi connectivity index (χ3n) is 5.74. The number of H-pyrrole nitrogens is 1. The number of halogens is 3. The summed E-state index contributed by atoms with van der Waals surface area (Å²) in [6.45, 7) is 1.12. The van der Waals surface area contributed by atoms with Gasteiger partial charge in [-0.3, -0.25) is 4.79 Å². The van der Waals surface area contributed by atoms with E-state index in [1.54, 1.807) is 17.0 Å². The van der Waals surface area contributed by atoms with E-state index in [1.165, 1.54) is 6.07 Å². The number of aromatic amines is 1. The molecule has 0 aromatic carbocycles. The van der Waals surface area contributed by atoms with Gasteiger partial charge in [0.2, 0.25) is 0 Å². The van der Waals surface area contributed by atoms with Crippen molar-refractivity contribution < 1.29 is 22.5 Å². The van der Waals surface area contributed by atoms with Crippen LogP contribution in [0.25, 0.3) is 11.0 Å². The zero-order valence-electron chi connectivity index (χ0n) is 15.5. The Bertz CT molecular complexity index is 1060. The van der Waals surface area contributed by atoms with Crippen LogP contribution in [0.15, 0.2) is 28.8 Å². The van der Waals surface area contributed by atoms with Crippen LogP contribution in [-0.2, 0) is 6.18 Å². The first-order valence-corrected chi connectivity index (χ1v) is 9.71. The van der Waals surface area contributed by atoms with Gasteiger partial charge in [-0.2, -0.15) is 13.2 Å². The number of hydrogen-bond acceptors (Lipinski definition) is 4. The lowest BCUT2D eigenvalue weighted by Crippen LogP contribution is -2.38. The fourth-order valence-corrected chi connectivity index (χ4v) is 3.91. The van der Waals surface area contributed by atoms with Gasteiger partial charge in [0.15, 0.2) is 5.69 Å². The number of carbonyl (C=O) groups excluding carboxylic acids is 1. The average molecular weight is 404 g/mol. The number of alkyl halides is 3. The molecule has 1 aliphatic carbocycles. The van der Waals surface area contributed by atoms with Crippen LogP contribution in [0.5, 0.6) is 0 Å². The van der Waals surface area contributed by atoms with Gasteiger partial charge in [-0.25, -0.2) is 4.98 Å². The molecule has 5 rings (SSSR count). The van der Waals surface area contributed by atoms with Gasteiger partial charge in [-0.05, 0) is 43.9 Å². The Labute approximate surface area is 164 Å². The molecular formula is C20H19F3N4O2. The summed E-state index contributed by atoms with van der Waals surface area (Å²) in [5.41, 5.74) is 1.20. The molecule has 152 valence electrons. The van der Waals surface area contributed by atoms with Crippen LogP contribution in [-0.4, -0.2) is 39.0 Å². The van der Waals surface area contributed by atoms with Crippen LogP contribution in [0, 0.1) is 0 Å². The molecule has 29 heavy (non-hydrogen) atoms. The van der Waals surface area contributed by atoms with Gasteiger partial charge in [0, 0.05) is 36.7 Å². The number of aromatic nitrogens is 3. The number of amides is 1. The molecule has 4 heterocycles. The van der Waals surface area contributed by atoms with Crippen molar-refractivity contribution in [3.05, 3.63) is 47.1 Å². The summed E-state index contributed by atoms with van der Waals surface area (Å²) in [5, 5.41) is 3.91. The molecule has 6 nitrogen and oxygen atoms in total. The average Bonchev–Trinajstić information content (AvgIpc) is 3.27. The summed E-state index contributed by atoms with van der Waals surface area (Å²) < 4.78 is 43.9. The van der Waals surface area contributed by atoms with Crippen molar-refractivity contribution in [2.45, 2.75) is 43.7 Å². The van der Waals surface area contributed by atoms with E-state index in [2.05, 4.69) is 15.1 Å². The molecule has 1 N–H and O–H groups in total. The molecule has 0 bridgehead atoms. The summed E-state index contributed by atoms with van der Waals surface area (Å²) in [7, 11) is 0. The fraction of sp³-hybridized carbons (Fsp3) is 0.450. The molecule has 1 saturated carbocycles. The zero-order valence-corrected chi connectivity index (χ0v) is 15.5. The van der Waals surface area contributed by atoms with E-state index in [4.69, 9.17) is 4.52 Å². The third-order valence-corrected chi connectivity index (χ3v) is 5.74. The van der Waals surface area contributed by atoms with E-state index in [-0.39, 0.29) is 11.8 Å². The van der Waals surface area contributed by atoms with E-state index in [9.17, 15) is 18.0 Å². The van der Waals surface area contributed by atoms with Gasteiger partial charge in [-0.15, -0.1) is 0 Å². The molecule has 1 amide bonds. The standard InChI is InChI=1S/C20H19F3N4O2/c21-20(22,23)18-4-3-13-15(25-18)9-14(24-13)11-5-7-27(8-6-11)19(28)16-10-17(29-26-16)12-1-2-12/h3-4,9-12,24H,1-2,5-8H2. The number of piperidine rings is 1. The van der Waals surface area contributed by atoms with Crippen molar-refractivity contribution in [2.75, 3.05) is 13.1 Å². The van der Waals surface area contributed by atoms with Crippen LogP contribution in [0.3, 0.4) is 0 Å². The Kier molecular flexibility index (Phi) is 4.15. The number of pyridine rings is 1. The van der Waals surface area contributed by atoms with Crippen molar-refractivity contribution in [1.82, 2.24) is 20.0 Å². The molecule has 2 aliphatic rings. The quantitative estimate of drug-likeness (QED) is 0.699. The second-order valence-corrected chi connectivity index (χ2v) is 7.81. The maximum atomic E-state index is 12.9. The summed E-state index contributed by atoms with van der Waals surface area (Å²) in [5.74, 6) is 1.20. The molecule has 0 radical (unpaired) electrons. The fourth-order valence-electron chi connectivity index (χ4n) is 3.91. The van der Waals surface area contributed by atoms with Crippen LogP contribution in [0.4, 0.5) is 13.2 Å². The molecule has 0 spiro atoms. The Hall–Kier alpha value is -2.84. The minimum absolute atomic E-state index is 0.132. The monoisotopic (exact) mass is 404 g/mol. The van der Waals surface area contributed by atoms with Gasteiger partial charge in [-0.1, -0.05) is 5.16 Å². The zero-order chi connectivity index (χ0) is 20.2. The van der Waals surface area contributed by atoms with Crippen molar-refractivity contribution in [3.63, 3.8) is 0 Å². The van der Waals surface area contributed by atoms with Crippen LogP contribution < -0.4 is 0 Å². The number of nitrogens with zero attached hydrogens (tertiary/aromatic N) is 3. The minimum atomic E-state index is -4.46. The molecule has 9 heteroatoms. The summed E-state index contributed by atoms with van der Waals surface area (Å²) in [4.78, 5) is 21.3. The number of hydrogen-bond donors (Lipinski definition) is 1. The highest BCUT2D eigenvalue weighted by atomic mass is 19.4. The molecule has 0 atom stereocenters. The van der Waals surface area contributed by atoms with E-state index in [1.807, 2.05) is 0 Å². The predicted octanol–water partition coefficient (Wildman–Crippen LogP) is 4.47. The highest BCUT2D eigenvalue weighted by molar-refractivity contribution is 5.92. The SMILES string of the molecule is O=C(c1cc(C2CC2)on1)N1CCC(c2cc3nc(C(F)(F)F)ccc3[nH]2)CC1. The molecule has 1 saturated heterocycles. The molecule has 3 aromatic rings. The second-order valence-electron chi connectivity index (χ2n) is 7.81. The Morgan fingerprint density at radius 1 is 1.10 bits per heavy atom. The Morgan fingerprint density at radius 3 is 2.55 bits per heavy atom. The number of fused-ring (bicyclic) bond motifs is 1. The lowest BCUT2D eigenvalue weighted by molar-refractivity contribution is -0.140. The highest BCUT2D eigenvalue weighted by Crippen LogP contribution is 2.40. The van der Waals surface area contributed by atoms with Gasteiger partial charge in [0.1, 0.15) is 11.5 Å². The maximum Gasteiger partial charge on any atom is 0.433 e.